The monoisotopic (exact) mass is 283 g/mol. The van der Waals surface area contributed by atoms with Crippen molar-refractivity contribution in [3.8, 4) is 0 Å². The quantitative estimate of drug-likeness (QED) is 0.779. The van der Waals surface area contributed by atoms with Crippen LogP contribution in [0.4, 0.5) is 10.1 Å². The second kappa shape index (κ2) is 6.17. The molecule has 0 bridgehead atoms. The molecule has 4 nitrogen and oxygen atoms in total. The maximum absolute atomic E-state index is 12.8. The fraction of sp³-hybridized carbons (Fsp3) is 0.125. The van der Waals surface area contributed by atoms with E-state index < -0.39 is 0 Å². The molecule has 2 aromatic carbocycles. The number of rotatable bonds is 5. The van der Waals surface area contributed by atoms with E-state index in [4.69, 9.17) is 4.42 Å². The van der Waals surface area contributed by atoms with Gasteiger partial charge in [-0.25, -0.2) is 4.39 Å². The highest BCUT2D eigenvalue weighted by Crippen LogP contribution is 2.11. The minimum absolute atomic E-state index is 0.261. The van der Waals surface area contributed by atoms with Crippen LogP contribution in [0, 0.1) is 5.82 Å². The number of hydrogen-bond acceptors (Lipinski definition) is 4. The normalized spacial score (nSPS) is 10.5. The molecule has 0 unspecified atom stereocenters. The van der Waals surface area contributed by atoms with E-state index in [2.05, 4.69) is 15.5 Å². The van der Waals surface area contributed by atoms with Gasteiger partial charge < -0.3 is 9.73 Å². The van der Waals surface area contributed by atoms with E-state index in [1.807, 2.05) is 30.3 Å². The molecule has 1 N–H and O–H groups in total. The van der Waals surface area contributed by atoms with E-state index in [9.17, 15) is 4.39 Å². The van der Waals surface area contributed by atoms with Crippen molar-refractivity contribution in [3.63, 3.8) is 0 Å². The Balaban J connectivity index is 1.59. The van der Waals surface area contributed by atoms with Crippen LogP contribution in [-0.2, 0) is 13.0 Å². The summed E-state index contributed by atoms with van der Waals surface area (Å²) in [6, 6.07) is 16.1. The van der Waals surface area contributed by atoms with Gasteiger partial charge in [0.05, 0.1) is 13.0 Å². The summed E-state index contributed by atoms with van der Waals surface area (Å²) in [7, 11) is 0. The average molecular weight is 283 g/mol. The first-order chi connectivity index (χ1) is 10.3. The summed E-state index contributed by atoms with van der Waals surface area (Å²) in [6.07, 6.45) is 0.615. The van der Waals surface area contributed by atoms with Gasteiger partial charge in [0.2, 0.25) is 11.8 Å². The molecule has 3 rings (SSSR count). The van der Waals surface area contributed by atoms with E-state index in [1.54, 1.807) is 12.1 Å². The number of benzene rings is 2. The highest BCUT2D eigenvalue weighted by Gasteiger charge is 2.06. The maximum Gasteiger partial charge on any atom is 0.235 e. The van der Waals surface area contributed by atoms with Crippen LogP contribution in [0.15, 0.2) is 59.0 Å². The molecule has 0 aliphatic carbocycles. The van der Waals surface area contributed by atoms with E-state index in [0.717, 1.165) is 11.3 Å². The molecular weight excluding hydrogens is 269 g/mol. The van der Waals surface area contributed by atoms with Crippen molar-refractivity contribution >= 4 is 5.69 Å². The van der Waals surface area contributed by atoms with Crippen molar-refractivity contribution in [1.29, 1.82) is 0 Å². The van der Waals surface area contributed by atoms with Crippen LogP contribution < -0.4 is 5.32 Å². The van der Waals surface area contributed by atoms with Gasteiger partial charge in [-0.1, -0.05) is 30.3 Å². The summed E-state index contributed by atoms with van der Waals surface area (Å²) in [6.45, 7) is 0.410. The number of aromatic nitrogens is 2. The summed E-state index contributed by atoms with van der Waals surface area (Å²) >= 11 is 0. The maximum atomic E-state index is 12.8. The predicted molar refractivity (Wildman–Crippen MR) is 77.3 cm³/mol. The molecule has 1 aromatic heterocycles. The zero-order chi connectivity index (χ0) is 14.5. The second-order valence-electron chi connectivity index (χ2n) is 4.61. The fourth-order valence-electron chi connectivity index (χ4n) is 1.95. The molecule has 0 spiro atoms. The standard InChI is InChI=1S/C16H14FN3O/c17-13-6-8-14(9-7-13)18-11-16-20-19-15(21-16)10-12-4-2-1-3-5-12/h1-9,18H,10-11H2. The predicted octanol–water partition coefficient (Wildman–Crippen LogP) is 3.41. The van der Waals surface area contributed by atoms with Gasteiger partial charge in [-0.05, 0) is 29.8 Å². The lowest BCUT2D eigenvalue weighted by molar-refractivity contribution is 0.464. The number of nitrogens with zero attached hydrogens (tertiary/aromatic N) is 2. The molecule has 0 amide bonds. The van der Waals surface area contributed by atoms with E-state index in [-0.39, 0.29) is 5.82 Å². The molecule has 0 fully saturated rings. The molecule has 21 heavy (non-hydrogen) atoms. The molecule has 0 aliphatic heterocycles. The van der Waals surface area contributed by atoms with Gasteiger partial charge in [0.25, 0.3) is 0 Å². The minimum Gasteiger partial charge on any atom is -0.423 e. The zero-order valence-corrected chi connectivity index (χ0v) is 11.3. The van der Waals surface area contributed by atoms with Gasteiger partial charge in [0.15, 0.2) is 0 Å². The topological polar surface area (TPSA) is 51.0 Å². The first-order valence-electron chi connectivity index (χ1n) is 6.64. The summed E-state index contributed by atoms with van der Waals surface area (Å²) < 4.78 is 18.4. The lowest BCUT2D eigenvalue weighted by Crippen LogP contribution is -1.99. The van der Waals surface area contributed by atoms with Crippen molar-refractivity contribution in [1.82, 2.24) is 10.2 Å². The molecule has 0 saturated heterocycles. The molecule has 0 aliphatic rings. The Labute approximate surface area is 121 Å². The number of hydrogen-bond donors (Lipinski definition) is 1. The van der Waals surface area contributed by atoms with Crippen LogP contribution in [0.1, 0.15) is 17.3 Å². The van der Waals surface area contributed by atoms with Crippen LogP contribution in [0.25, 0.3) is 0 Å². The minimum atomic E-state index is -0.261. The SMILES string of the molecule is Fc1ccc(NCc2nnc(Cc3ccccc3)o2)cc1. The second-order valence-corrected chi connectivity index (χ2v) is 4.61. The smallest absolute Gasteiger partial charge is 0.235 e. The largest absolute Gasteiger partial charge is 0.423 e. The Kier molecular flexibility index (Phi) is 3.91. The van der Waals surface area contributed by atoms with Crippen molar-refractivity contribution in [3.05, 3.63) is 77.8 Å². The molecule has 5 heteroatoms. The van der Waals surface area contributed by atoms with Crippen LogP contribution in [-0.4, -0.2) is 10.2 Å². The molecule has 3 aromatic rings. The fourth-order valence-corrected chi connectivity index (χ4v) is 1.95. The molecular formula is C16H14FN3O. The van der Waals surface area contributed by atoms with Gasteiger partial charge in [-0.15, -0.1) is 10.2 Å². The van der Waals surface area contributed by atoms with Crippen molar-refractivity contribution in [2.24, 2.45) is 0 Å². The van der Waals surface area contributed by atoms with Crippen LogP contribution in [0.5, 0.6) is 0 Å². The lowest BCUT2D eigenvalue weighted by Gasteiger charge is -2.02. The van der Waals surface area contributed by atoms with Crippen molar-refractivity contribution in [2.75, 3.05) is 5.32 Å². The van der Waals surface area contributed by atoms with Crippen molar-refractivity contribution in [2.45, 2.75) is 13.0 Å². The Morgan fingerprint density at radius 3 is 2.38 bits per heavy atom. The van der Waals surface area contributed by atoms with E-state index in [1.165, 1.54) is 12.1 Å². The Morgan fingerprint density at radius 2 is 1.62 bits per heavy atom. The van der Waals surface area contributed by atoms with Gasteiger partial charge in [0.1, 0.15) is 5.82 Å². The summed E-state index contributed by atoms with van der Waals surface area (Å²) in [4.78, 5) is 0. The first kappa shape index (κ1) is 13.3. The van der Waals surface area contributed by atoms with E-state index in [0.29, 0.717) is 24.7 Å². The number of nitrogens with one attached hydrogen (secondary N) is 1. The Bertz CT molecular complexity index is 695. The average Bonchev–Trinajstić information content (AvgIpc) is 2.95. The van der Waals surface area contributed by atoms with E-state index >= 15 is 0 Å². The summed E-state index contributed by atoms with van der Waals surface area (Å²) in [5.74, 6) is 0.825. The highest BCUT2D eigenvalue weighted by atomic mass is 19.1. The van der Waals surface area contributed by atoms with Gasteiger partial charge in [0, 0.05) is 5.69 Å². The number of anilines is 1. The van der Waals surface area contributed by atoms with Crippen LogP contribution in [0.2, 0.25) is 0 Å². The summed E-state index contributed by atoms with van der Waals surface area (Å²) in [5, 5.41) is 11.1. The van der Waals surface area contributed by atoms with Crippen LogP contribution in [0.3, 0.4) is 0 Å². The third-order valence-corrected chi connectivity index (χ3v) is 2.99. The third kappa shape index (κ3) is 3.66. The first-order valence-corrected chi connectivity index (χ1v) is 6.64. The van der Waals surface area contributed by atoms with Gasteiger partial charge in [-0.3, -0.25) is 0 Å². The Hall–Kier alpha value is -2.69. The Morgan fingerprint density at radius 1 is 0.905 bits per heavy atom. The molecule has 0 saturated carbocycles. The third-order valence-electron chi connectivity index (χ3n) is 2.99. The lowest BCUT2D eigenvalue weighted by atomic mass is 10.2. The van der Waals surface area contributed by atoms with Crippen LogP contribution >= 0.6 is 0 Å². The van der Waals surface area contributed by atoms with Gasteiger partial charge >= 0.3 is 0 Å². The van der Waals surface area contributed by atoms with Crippen molar-refractivity contribution < 1.29 is 8.81 Å². The number of halogens is 1. The zero-order valence-electron chi connectivity index (χ0n) is 11.3. The summed E-state index contributed by atoms with van der Waals surface area (Å²) in [5.41, 5.74) is 1.93. The molecule has 0 atom stereocenters. The molecule has 0 radical (unpaired) electrons. The highest BCUT2D eigenvalue weighted by molar-refractivity contribution is 5.42. The van der Waals surface area contributed by atoms with Gasteiger partial charge in [-0.2, -0.15) is 0 Å². The molecule has 106 valence electrons. The molecule has 1 heterocycles.